The number of ether oxygens (including phenoxy) is 1. The summed E-state index contributed by atoms with van der Waals surface area (Å²) in [6.45, 7) is 7.58. The molecule has 0 saturated carbocycles. The van der Waals surface area contributed by atoms with Gasteiger partial charge in [-0.3, -0.25) is 15.0 Å². The van der Waals surface area contributed by atoms with Crippen LogP contribution in [0.2, 0.25) is 0 Å². The van der Waals surface area contributed by atoms with Crippen LogP contribution in [0.3, 0.4) is 0 Å². The molecular weight excluding hydrogens is 410 g/mol. The third-order valence-corrected chi connectivity index (χ3v) is 5.30. The van der Waals surface area contributed by atoms with Gasteiger partial charge in [0.1, 0.15) is 11.6 Å². The molecule has 1 unspecified atom stereocenters. The maximum atomic E-state index is 12.8. The van der Waals surface area contributed by atoms with Crippen molar-refractivity contribution in [1.82, 2.24) is 10.2 Å². The lowest BCUT2D eigenvalue weighted by atomic mass is 9.96. The first-order valence-electron chi connectivity index (χ1n) is 10.5. The number of carbonyl (C=O) groups excluding carboxylic acids is 2. The van der Waals surface area contributed by atoms with Gasteiger partial charge in [0.15, 0.2) is 0 Å². The predicted octanol–water partition coefficient (Wildman–Crippen LogP) is 4.06. The van der Waals surface area contributed by atoms with Gasteiger partial charge in [-0.05, 0) is 56.0 Å². The lowest BCUT2D eigenvalue weighted by molar-refractivity contribution is -0.126. The Morgan fingerprint density at radius 2 is 1.88 bits per heavy atom. The summed E-state index contributed by atoms with van der Waals surface area (Å²) in [4.78, 5) is 38.2. The number of nitrogens with one attached hydrogen (secondary N) is 2. The van der Waals surface area contributed by atoms with Crippen molar-refractivity contribution in [2.75, 3.05) is 5.32 Å². The van der Waals surface area contributed by atoms with Gasteiger partial charge in [0.05, 0.1) is 0 Å². The number of fused-ring (bicyclic) bond motifs is 1. The van der Waals surface area contributed by atoms with Gasteiger partial charge >= 0.3 is 12.2 Å². The van der Waals surface area contributed by atoms with Crippen molar-refractivity contribution in [3.63, 3.8) is 0 Å². The quantitative estimate of drug-likeness (QED) is 0.666. The van der Waals surface area contributed by atoms with Crippen LogP contribution in [0.15, 0.2) is 42.5 Å². The molecule has 3 amide bonds. The third kappa shape index (κ3) is 5.57. The van der Waals surface area contributed by atoms with Gasteiger partial charge in [-0.25, -0.2) is 9.59 Å². The second kappa shape index (κ2) is 9.30. The SMILES string of the molecule is Cc1c(NC(=O)OC(C)(C)C)ccc2c1CNC(=O)C(N(Cc1ccccc1)C(=O)O)C2. The summed E-state index contributed by atoms with van der Waals surface area (Å²) < 4.78 is 5.32. The van der Waals surface area contributed by atoms with Crippen molar-refractivity contribution >= 4 is 23.8 Å². The zero-order valence-electron chi connectivity index (χ0n) is 18.8. The van der Waals surface area contributed by atoms with Gasteiger partial charge in [0, 0.05) is 25.2 Å². The molecule has 0 aromatic heterocycles. The van der Waals surface area contributed by atoms with E-state index in [0.29, 0.717) is 5.69 Å². The second-order valence-electron chi connectivity index (χ2n) is 8.84. The number of carbonyl (C=O) groups is 3. The van der Waals surface area contributed by atoms with Crippen LogP contribution in [0, 0.1) is 6.92 Å². The van der Waals surface area contributed by atoms with Crippen LogP contribution in [-0.2, 0) is 29.0 Å². The Morgan fingerprint density at radius 1 is 1.19 bits per heavy atom. The first-order valence-corrected chi connectivity index (χ1v) is 10.5. The Balaban J connectivity index is 1.85. The van der Waals surface area contributed by atoms with Crippen molar-refractivity contribution in [2.45, 2.75) is 58.8 Å². The van der Waals surface area contributed by atoms with Gasteiger partial charge in [-0.15, -0.1) is 0 Å². The topological polar surface area (TPSA) is 108 Å². The first kappa shape index (κ1) is 23.1. The standard InChI is InChI=1S/C24H29N3O5/c1-15-18-13-25-21(28)20(27(23(30)31)14-16-8-6-5-7-9-16)12-17(18)10-11-19(15)26-22(29)32-24(2,3)4/h5-11,20H,12-14H2,1-4H3,(H,25,28)(H,26,29)(H,30,31). The van der Waals surface area contributed by atoms with Crippen molar-refractivity contribution in [3.05, 3.63) is 64.7 Å². The highest BCUT2D eigenvalue weighted by Gasteiger charge is 2.33. The molecule has 0 bridgehead atoms. The fourth-order valence-electron chi connectivity index (χ4n) is 3.74. The summed E-state index contributed by atoms with van der Waals surface area (Å²) in [6, 6.07) is 11.9. The van der Waals surface area contributed by atoms with E-state index < -0.39 is 23.8 Å². The minimum Gasteiger partial charge on any atom is -0.465 e. The molecule has 1 atom stereocenters. The van der Waals surface area contributed by atoms with Crippen LogP contribution in [0.1, 0.15) is 43.0 Å². The molecule has 170 valence electrons. The Labute approximate surface area is 187 Å². The van der Waals surface area contributed by atoms with Crippen LogP contribution in [0.4, 0.5) is 15.3 Å². The van der Waals surface area contributed by atoms with Gasteiger partial charge < -0.3 is 15.2 Å². The molecule has 0 fully saturated rings. The van der Waals surface area contributed by atoms with Crippen molar-refractivity contribution in [2.24, 2.45) is 0 Å². The Bertz CT molecular complexity index is 1010. The third-order valence-electron chi connectivity index (χ3n) is 5.30. The average molecular weight is 440 g/mol. The largest absolute Gasteiger partial charge is 0.465 e. The molecule has 0 spiro atoms. The van der Waals surface area contributed by atoms with Gasteiger partial charge in [0.2, 0.25) is 5.91 Å². The number of carboxylic acid groups (broad SMARTS) is 1. The van der Waals surface area contributed by atoms with Crippen LogP contribution in [0.5, 0.6) is 0 Å². The molecule has 32 heavy (non-hydrogen) atoms. The highest BCUT2D eigenvalue weighted by molar-refractivity contribution is 5.88. The molecule has 0 radical (unpaired) electrons. The molecule has 3 rings (SSSR count). The van der Waals surface area contributed by atoms with Crippen molar-refractivity contribution < 1.29 is 24.2 Å². The fourth-order valence-corrected chi connectivity index (χ4v) is 3.74. The zero-order valence-corrected chi connectivity index (χ0v) is 18.8. The molecule has 1 aliphatic rings. The molecule has 0 saturated heterocycles. The summed E-state index contributed by atoms with van der Waals surface area (Å²) in [7, 11) is 0. The van der Waals surface area contributed by atoms with E-state index in [1.54, 1.807) is 26.8 Å². The van der Waals surface area contributed by atoms with Crippen LogP contribution in [-0.4, -0.2) is 39.7 Å². The van der Waals surface area contributed by atoms with E-state index in [1.807, 2.05) is 43.3 Å². The zero-order chi connectivity index (χ0) is 23.5. The molecule has 1 heterocycles. The summed E-state index contributed by atoms with van der Waals surface area (Å²) >= 11 is 0. The Morgan fingerprint density at radius 3 is 2.50 bits per heavy atom. The number of benzene rings is 2. The molecule has 1 aliphatic heterocycles. The van der Waals surface area contributed by atoms with Crippen LogP contribution < -0.4 is 10.6 Å². The van der Waals surface area contributed by atoms with E-state index in [-0.39, 0.29) is 25.4 Å². The highest BCUT2D eigenvalue weighted by atomic mass is 16.6. The Kier molecular flexibility index (Phi) is 6.72. The normalized spacial score (nSPS) is 15.8. The van der Waals surface area contributed by atoms with E-state index in [9.17, 15) is 19.5 Å². The number of nitrogens with zero attached hydrogens (tertiary/aromatic N) is 1. The van der Waals surface area contributed by atoms with Gasteiger partial charge in [0.25, 0.3) is 0 Å². The first-order chi connectivity index (χ1) is 15.0. The monoisotopic (exact) mass is 439 g/mol. The summed E-state index contributed by atoms with van der Waals surface area (Å²) in [5, 5.41) is 15.4. The lowest BCUT2D eigenvalue weighted by Gasteiger charge is -2.27. The summed E-state index contributed by atoms with van der Waals surface area (Å²) in [5.74, 6) is -0.347. The highest BCUT2D eigenvalue weighted by Crippen LogP contribution is 2.28. The number of anilines is 1. The maximum Gasteiger partial charge on any atom is 0.412 e. The minimum absolute atomic E-state index is 0.112. The van der Waals surface area contributed by atoms with Crippen LogP contribution in [0.25, 0.3) is 0 Å². The van der Waals surface area contributed by atoms with Crippen LogP contribution >= 0.6 is 0 Å². The molecule has 0 aliphatic carbocycles. The molecule has 2 aromatic carbocycles. The fraction of sp³-hybridized carbons (Fsp3) is 0.375. The summed E-state index contributed by atoms with van der Waals surface area (Å²) in [5.41, 5.74) is 3.30. The van der Waals surface area contributed by atoms with E-state index >= 15 is 0 Å². The van der Waals surface area contributed by atoms with Gasteiger partial charge in [-0.1, -0.05) is 36.4 Å². The second-order valence-corrected chi connectivity index (χ2v) is 8.84. The minimum atomic E-state index is -1.16. The summed E-state index contributed by atoms with van der Waals surface area (Å²) in [6.07, 6.45) is -1.47. The van der Waals surface area contributed by atoms with Crippen molar-refractivity contribution in [3.8, 4) is 0 Å². The molecule has 3 N–H and O–H groups in total. The number of hydrogen-bond donors (Lipinski definition) is 3. The Hall–Kier alpha value is -3.55. The number of rotatable bonds is 4. The maximum absolute atomic E-state index is 12.8. The van der Waals surface area contributed by atoms with Crippen molar-refractivity contribution in [1.29, 1.82) is 0 Å². The number of hydrogen-bond acceptors (Lipinski definition) is 4. The smallest absolute Gasteiger partial charge is 0.412 e. The number of amides is 3. The van der Waals surface area contributed by atoms with Gasteiger partial charge in [-0.2, -0.15) is 0 Å². The predicted molar refractivity (Wildman–Crippen MR) is 120 cm³/mol. The van der Waals surface area contributed by atoms with E-state index in [1.165, 1.54) is 4.90 Å². The molecule has 8 nitrogen and oxygen atoms in total. The average Bonchev–Trinajstić information content (AvgIpc) is 2.87. The van der Waals surface area contributed by atoms with E-state index in [0.717, 1.165) is 22.3 Å². The van der Waals surface area contributed by atoms with E-state index in [4.69, 9.17) is 4.74 Å². The molecular formula is C24H29N3O5. The molecule has 2 aromatic rings. The van der Waals surface area contributed by atoms with E-state index in [2.05, 4.69) is 10.6 Å². The lowest BCUT2D eigenvalue weighted by Crippen LogP contribution is -2.48. The molecule has 8 heteroatoms.